The van der Waals surface area contributed by atoms with E-state index in [1.54, 1.807) is 0 Å². The van der Waals surface area contributed by atoms with Crippen LogP contribution in [-0.2, 0) is 0 Å². The Morgan fingerprint density at radius 2 is 2.06 bits per heavy atom. The van der Waals surface area contributed by atoms with E-state index >= 15 is 0 Å². The summed E-state index contributed by atoms with van der Waals surface area (Å²) in [6.45, 7) is 6.24. The maximum Gasteiger partial charge on any atom is 0.248 e. The van der Waals surface area contributed by atoms with Crippen LogP contribution in [-0.4, -0.2) is 17.2 Å². The first-order valence-corrected chi connectivity index (χ1v) is 6.24. The molecular formula is C14H19N3O. The Bertz CT molecular complexity index is 530. The first-order chi connectivity index (χ1) is 8.67. The molecule has 0 fully saturated rings. The van der Waals surface area contributed by atoms with Crippen molar-refractivity contribution in [3.05, 3.63) is 35.2 Å². The summed E-state index contributed by atoms with van der Waals surface area (Å²) in [6.07, 6.45) is 0.922. The number of hydrogen-bond donors (Lipinski definition) is 1. The molecule has 96 valence electrons. The smallest absolute Gasteiger partial charge is 0.248 e. The monoisotopic (exact) mass is 245 g/mol. The highest BCUT2D eigenvalue weighted by molar-refractivity contribution is 5.59. The van der Waals surface area contributed by atoms with Crippen molar-refractivity contribution in [2.75, 3.05) is 7.05 Å². The minimum Gasteiger partial charge on any atom is -0.419 e. The van der Waals surface area contributed by atoms with E-state index in [1.165, 1.54) is 11.1 Å². The van der Waals surface area contributed by atoms with Crippen molar-refractivity contribution in [2.45, 2.75) is 33.2 Å². The van der Waals surface area contributed by atoms with Crippen molar-refractivity contribution in [2.24, 2.45) is 0 Å². The first-order valence-electron chi connectivity index (χ1n) is 6.24. The molecule has 0 aliphatic heterocycles. The molecule has 1 aromatic carbocycles. The molecule has 0 radical (unpaired) electrons. The summed E-state index contributed by atoms with van der Waals surface area (Å²) in [5, 5.41) is 11.4. The van der Waals surface area contributed by atoms with Gasteiger partial charge in [0.2, 0.25) is 11.8 Å². The van der Waals surface area contributed by atoms with Gasteiger partial charge in [0.25, 0.3) is 0 Å². The molecule has 0 aliphatic rings. The lowest BCUT2D eigenvalue weighted by Gasteiger charge is -2.07. The fourth-order valence-corrected chi connectivity index (χ4v) is 1.97. The SMILES string of the molecule is CCC(NC)c1nnc(-c2cccc(C)c2C)o1. The van der Waals surface area contributed by atoms with Gasteiger partial charge in [0.1, 0.15) is 0 Å². The second-order valence-electron chi connectivity index (χ2n) is 4.44. The van der Waals surface area contributed by atoms with Crippen LogP contribution < -0.4 is 5.32 Å². The van der Waals surface area contributed by atoms with E-state index in [-0.39, 0.29) is 6.04 Å². The highest BCUT2D eigenvalue weighted by Gasteiger charge is 2.17. The summed E-state index contributed by atoms with van der Waals surface area (Å²) in [6, 6.07) is 6.23. The lowest BCUT2D eigenvalue weighted by atomic mass is 10.0. The molecule has 18 heavy (non-hydrogen) atoms. The van der Waals surface area contributed by atoms with Crippen LogP contribution in [0.3, 0.4) is 0 Å². The first kappa shape index (κ1) is 12.8. The van der Waals surface area contributed by atoms with E-state index in [4.69, 9.17) is 4.42 Å². The highest BCUT2D eigenvalue weighted by Crippen LogP contribution is 2.26. The van der Waals surface area contributed by atoms with Crippen LogP contribution >= 0.6 is 0 Å². The molecule has 2 rings (SSSR count). The fourth-order valence-electron chi connectivity index (χ4n) is 1.97. The molecule has 4 nitrogen and oxygen atoms in total. The zero-order valence-corrected chi connectivity index (χ0v) is 11.3. The van der Waals surface area contributed by atoms with Gasteiger partial charge < -0.3 is 9.73 Å². The van der Waals surface area contributed by atoms with Gasteiger partial charge in [-0.25, -0.2) is 0 Å². The van der Waals surface area contributed by atoms with Crippen molar-refractivity contribution in [1.29, 1.82) is 0 Å². The van der Waals surface area contributed by atoms with Gasteiger partial charge in [-0.3, -0.25) is 0 Å². The van der Waals surface area contributed by atoms with Crippen LogP contribution in [0.5, 0.6) is 0 Å². The molecule has 0 aliphatic carbocycles. The summed E-state index contributed by atoms with van der Waals surface area (Å²) < 4.78 is 5.76. The van der Waals surface area contributed by atoms with Crippen LogP contribution in [0, 0.1) is 13.8 Å². The molecule has 1 aromatic heterocycles. The third kappa shape index (κ3) is 2.29. The molecule has 0 saturated heterocycles. The van der Waals surface area contributed by atoms with E-state index in [2.05, 4.69) is 42.4 Å². The van der Waals surface area contributed by atoms with E-state index in [0.717, 1.165) is 12.0 Å². The maximum atomic E-state index is 5.76. The van der Waals surface area contributed by atoms with E-state index < -0.39 is 0 Å². The summed E-state index contributed by atoms with van der Waals surface area (Å²) in [5.41, 5.74) is 3.43. The van der Waals surface area contributed by atoms with Crippen molar-refractivity contribution in [3.8, 4) is 11.5 Å². The minimum atomic E-state index is 0.122. The van der Waals surface area contributed by atoms with Gasteiger partial charge in [-0.1, -0.05) is 19.1 Å². The standard InChI is InChI=1S/C14H19N3O/c1-5-12(15-4)14-17-16-13(18-14)11-8-6-7-9(2)10(11)3/h6-8,12,15H,5H2,1-4H3. The molecule has 4 heteroatoms. The number of hydrogen-bond acceptors (Lipinski definition) is 4. The van der Waals surface area contributed by atoms with Crippen LogP contribution in [0.1, 0.15) is 36.4 Å². The molecule has 0 spiro atoms. The predicted octanol–water partition coefficient (Wildman–Crippen LogP) is 3.02. The van der Waals surface area contributed by atoms with Crippen LogP contribution in [0.15, 0.2) is 22.6 Å². The number of aryl methyl sites for hydroxylation is 1. The fraction of sp³-hybridized carbons (Fsp3) is 0.429. The van der Waals surface area contributed by atoms with Crippen molar-refractivity contribution in [3.63, 3.8) is 0 Å². The minimum absolute atomic E-state index is 0.122. The van der Waals surface area contributed by atoms with Gasteiger partial charge in [-0.05, 0) is 44.5 Å². The second kappa shape index (κ2) is 5.31. The van der Waals surface area contributed by atoms with Gasteiger partial charge in [-0.15, -0.1) is 10.2 Å². The van der Waals surface area contributed by atoms with Gasteiger partial charge >= 0.3 is 0 Å². The van der Waals surface area contributed by atoms with Crippen LogP contribution in [0.2, 0.25) is 0 Å². The lowest BCUT2D eigenvalue weighted by molar-refractivity contribution is 0.415. The van der Waals surface area contributed by atoms with Gasteiger partial charge in [0, 0.05) is 5.56 Å². The Hall–Kier alpha value is -1.68. The van der Waals surface area contributed by atoms with E-state index in [9.17, 15) is 0 Å². The Balaban J connectivity index is 2.38. The molecule has 1 heterocycles. The number of benzene rings is 1. The normalized spacial score (nSPS) is 12.7. The molecule has 1 unspecified atom stereocenters. The van der Waals surface area contributed by atoms with Crippen LogP contribution in [0.25, 0.3) is 11.5 Å². The molecule has 0 amide bonds. The largest absolute Gasteiger partial charge is 0.419 e. The molecule has 0 bridgehead atoms. The van der Waals surface area contributed by atoms with Gasteiger partial charge in [0.05, 0.1) is 6.04 Å². The Labute approximate surface area is 107 Å². The van der Waals surface area contributed by atoms with E-state index in [0.29, 0.717) is 11.8 Å². The molecule has 1 N–H and O–H groups in total. The second-order valence-corrected chi connectivity index (χ2v) is 4.44. The topological polar surface area (TPSA) is 51.0 Å². The lowest BCUT2D eigenvalue weighted by Crippen LogP contribution is -2.15. The number of aromatic nitrogens is 2. The molecule has 1 atom stereocenters. The maximum absolute atomic E-state index is 5.76. The third-order valence-electron chi connectivity index (χ3n) is 3.33. The Kier molecular flexibility index (Phi) is 3.77. The molecule has 0 saturated carbocycles. The molecular weight excluding hydrogens is 226 g/mol. The summed E-state index contributed by atoms with van der Waals surface area (Å²) in [5.74, 6) is 1.25. The van der Waals surface area contributed by atoms with Crippen molar-refractivity contribution < 1.29 is 4.42 Å². The zero-order chi connectivity index (χ0) is 13.1. The summed E-state index contributed by atoms with van der Waals surface area (Å²) in [4.78, 5) is 0. The van der Waals surface area contributed by atoms with Crippen LogP contribution in [0.4, 0.5) is 0 Å². The number of rotatable bonds is 4. The predicted molar refractivity (Wildman–Crippen MR) is 71.3 cm³/mol. The number of nitrogens with one attached hydrogen (secondary N) is 1. The van der Waals surface area contributed by atoms with Gasteiger partial charge in [-0.2, -0.15) is 0 Å². The average molecular weight is 245 g/mol. The quantitative estimate of drug-likeness (QED) is 0.899. The third-order valence-corrected chi connectivity index (χ3v) is 3.33. The molecule has 2 aromatic rings. The zero-order valence-electron chi connectivity index (χ0n) is 11.3. The highest BCUT2D eigenvalue weighted by atomic mass is 16.4. The summed E-state index contributed by atoms with van der Waals surface area (Å²) in [7, 11) is 1.90. The Morgan fingerprint density at radius 3 is 2.72 bits per heavy atom. The average Bonchev–Trinajstić information content (AvgIpc) is 2.84. The Morgan fingerprint density at radius 1 is 1.28 bits per heavy atom. The summed E-state index contributed by atoms with van der Waals surface area (Å²) >= 11 is 0. The van der Waals surface area contributed by atoms with Gasteiger partial charge in [0.15, 0.2) is 0 Å². The van der Waals surface area contributed by atoms with Crippen molar-refractivity contribution >= 4 is 0 Å². The number of nitrogens with zero attached hydrogens (tertiary/aromatic N) is 2. The van der Waals surface area contributed by atoms with E-state index in [1.807, 2.05) is 19.2 Å². The van der Waals surface area contributed by atoms with Crippen molar-refractivity contribution in [1.82, 2.24) is 15.5 Å².